The number of urea groups is 1. The van der Waals surface area contributed by atoms with Crippen molar-refractivity contribution in [3.63, 3.8) is 0 Å². The van der Waals surface area contributed by atoms with E-state index in [0.29, 0.717) is 11.4 Å². The Hall–Kier alpha value is -1.06. The molecule has 0 atom stereocenters. The average molecular weight is 336 g/mol. The SMILES string of the molecule is COc1cccc(N(N)C(=O)N(C)N)c1I. The largest absolute Gasteiger partial charge is 0.496 e. The van der Waals surface area contributed by atoms with E-state index in [4.69, 9.17) is 16.4 Å². The molecule has 1 rings (SSSR count). The molecule has 0 unspecified atom stereocenters. The lowest BCUT2D eigenvalue weighted by Crippen LogP contribution is -2.48. The molecule has 0 radical (unpaired) electrons. The van der Waals surface area contributed by atoms with Gasteiger partial charge in [0.1, 0.15) is 5.75 Å². The molecule has 6 nitrogen and oxygen atoms in total. The van der Waals surface area contributed by atoms with Crippen LogP contribution in [0.5, 0.6) is 5.75 Å². The molecule has 0 aliphatic carbocycles. The maximum Gasteiger partial charge on any atom is 0.352 e. The van der Waals surface area contributed by atoms with Gasteiger partial charge in [0.2, 0.25) is 0 Å². The quantitative estimate of drug-likeness (QED) is 0.364. The van der Waals surface area contributed by atoms with Crippen molar-refractivity contribution in [1.29, 1.82) is 0 Å². The van der Waals surface area contributed by atoms with Crippen LogP contribution >= 0.6 is 22.6 Å². The predicted octanol–water partition coefficient (Wildman–Crippen LogP) is 0.905. The highest BCUT2D eigenvalue weighted by molar-refractivity contribution is 14.1. The summed E-state index contributed by atoms with van der Waals surface area (Å²) >= 11 is 2.05. The molecule has 0 heterocycles. The highest BCUT2D eigenvalue weighted by atomic mass is 127. The first kappa shape index (κ1) is 13.0. The molecule has 16 heavy (non-hydrogen) atoms. The van der Waals surface area contributed by atoms with Crippen molar-refractivity contribution >= 4 is 34.3 Å². The van der Waals surface area contributed by atoms with E-state index in [-0.39, 0.29) is 0 Å². The van der Waals surface area contributed by atoms with E-state index in [9.17, 15) is 4.79 Å². The lowest BCUT2D eigenvalue weighted by molar-refractivity contribution is 0.216. The van der Waals surface area contributed by atoms with Gasteiger partial charge in [-0.05, 0) is 34.7 Å². The molecular weight excluding hydrogens is 323 g/mol. The predicted molar refractivity (Wildman–Crippen MR) is 69.7 cm³/mol. The van der Waals surface area contributed by atoms with E-state index in [2.05, 4.69) is 22.6 Å². The average Bonchev–Trinajstić information content (AvgIpc) is 2.27. The Labute approximate surface area is 107 Å². The van der Waals surface area contributed by atoms with Crippen LogP contribution in [0, 0.1) is 3.57 Å². The minimum atomic E-state index is -0.508. The third-order valence-electron chi connectivity index (χ3n) is 1.93. The van der Waals surface area contributed by atoms with Crippen molar-refractivity contribution in [3.8, 4) is 5.75 Å². The minimum absolute atomic E-state index is 0.508. The van der Waals surface area contributed by atoms with E-state index >= 15 is 0 Å². The first-order chi connectivity index (χ1) is 7.49. The molecule has 0 aliphatic heterocycles. The summed E-state index contributed by atoms with van der Waals surface area (Å²) < 4.78 is 5.88. The Kier molecular flexibility index (Phi) is 4.33. The van der Waals surface area contributed by atoms with Crippen LogP contribution < -0.4 is 21.4 Å². The van der Waals surface area contributed by atoms with Crippen molar-refractivity contribution in [2.24, 2.45) is 11.7 Å². The summed E-state index contributed by atoms with van der Waals surface area (Å²) in [6.45, 7) is 0. The van der Waals surface area contributed by atoms with Gasteiger partial charge in [-0.3, -0.25) is 5.01 Å². The summed E-state index contributed by atoms with van der Waals surface area (Å²) in [7, 11) is 2.98. The van der Waals surface area contributed by atoms with Gasteiger partial charge in [-0.25, -0.2) is 21.5 Å². The number of methoxy groups -OCH3 is 1. The second-order valence-electron chi connectivity index (χ2n) is 3.06. The van der Waals surface area contributed by atoms with Gasteiger partial charge < -0.3 is 4.74 Å². The van der Waals surface area contributed by atoms with Crippen molar-refractivity contribution in [3.05, 3.63) is 21.8 Å². The summed E-state index contributed by atoms with van der Waals surface area (Å²) in [6.07, 6.45) is 0. The molecule has 0 fully saturated rings. The number of amides is 2. The highest BCUT2D eigenvalue weighted by Crippen LogP contribution is 2.29. The number of nitrogens with two attached hydrogens (primary N) is 2. The van der Waals surface area contributed by atoms with Gasteiger partial charge in [-0.2, -0.15) is 0 Å². The van der Waals surface area contributed by atoms with E-state index in [0.717, 1.165) is 13.6 Å². The molecule has 0 aromatic heterocycles. The molecule has 0 saturated carbocycles. The first-order valence-corrected chi connectivity index (χ1v) is 5.46. The number of hydrogen-bond donors (Lipinski definition) is 2. The van der Waals surface area contributed by atoms with Crippen LogP contribution in [0.4, 0.5) is 10.5 Å². The first-order valence-electron chi connectivity index (χ1n) is 4.38. The topological polar surface area (TPSA) is 84.8 Å². The van der Waals surface area contributed by atoms with E-state index in [1.54, 1.807) is 25.3 Å². The fourth-order valence-corrected chi connectivity index (χ4v) is 1.96. The van der Waals surface area contributed by atoms with Crippen LogP contribution in [0.15, 0.2) is 18.2 Å². The van der Waals surface area contributed by atoms with Gasteiger partial charge in [0.15, 0.2) is 0 Å². The van der Waals surface area contributed by atoms with Gasteiger partial charge in [0.05, 0.1) is 16.4 Å². The minimum Gasteiger partial charge on any atom is -0.496 e. The third kappa shape index (κ3) is 2.54. The normalized spacial score (nSPS) is 9.81. The number of benzene rings is 1. The second kappa shape index (κ2) is 5.32. The Bertz CT molecular complexity index is 397. The number of ether oxygens (including phenoxy) is 1. The van der Waals surface area contributed by atoms with Gasteiger partial charge in [-0.15, -0.1) is 0 Å². The molecule has 88 valence electrons. The molecular formula is C9H13IN4O2. The molecule has 1 aromatic carbocycles. The maximum atomic E-state index is 11.6. The number of carbonyl (C=O) groups excluding carboxylic acids is 1. The fraction of sp³-hybridized carbons (Fsp3) is 0.222. The number of halogens is 1. The van der Waals surface area contributed by atoms with E-state index in [1.165, 1.54) is 7.05 Å². The van der Waals surface area contributed by atoms with Gasteiger partial charge in [-0.1, -0.05) is 6.07 Å². The zero-order chi connectivity index (χ0) is 12.3. The monoisotopic (exact) mass is 336 g/mol. The Morgan fingerprint density at radius 1 is 1.44 bits per heavy atom. The zero-order valence-electron chi connectivity index (χ0n) is 8.98. The van der Waals surface area contributed by atoms with Crippen LogP contribution in [0.1, 0.15) is 0 Å². The number of hydrogen-bond acceptors (Lipinski definition) is 4. The molecule has 0 spiro atoms. The maximum absolute atomic E-state index is 11.6. The number of carbonyl (C=O) groups is 1. The van der Waals surface area contributed by atoms with Crippen LogP contribution in [-0.4, -0.2) is 25.2 Å². The highest BCUT2D eigenvalue weighted by Gasteiger charge is 2.18. The van der Waals surface area contributed by atoms with Crippen LogP contribution in [0.3, 0.4) is 0 Å². The smallest absolute Gasteiger partial charge is 0.352 e. The van der Waals surface area contributed by atoms with Gasteiger partial charge in [0.25, 0.3) is 0 Å². The van der Waals surface area contributed by atoms with E-state index in [1.807, 2.05) is 0 Å². The lowest BCUT2D eigenvalue weighted by Gasteiger charge is -2.22. The zero-order valence-corrected chi connectivity index (χ0v) is 11.1. The number of rotatable bonds is 2. The van der Waals surface area contributed by atoms with Crippen molar-refractivity contribution in [2.45, 2.75) is 0 Å². The second-order valence-corrected chi connectivity index (χ2v) is 4.14. The summed E-state index contributed by atoms with van der Waals surface area (Å²) in [5.41, 5.74) is 0.544. The van der Waals surface area contributed by atoms with Crippen LogP contribution in [-0.2, 0) is 0 Å². The molecule has 7 heteroatoms. The standard InChI is InChI=1S/C9H13IN4O2/c1-13(11)9(15)14(12)6-4-3-5-7(16-2)8(6)10/h3-5H,11-12H2,1-2H3. The summed E-state index contributed by atoms with van der Waals surface area (Å²) in [5, 5.41) is 1.89. The summed E-state index contributed by atoms with van der Waals surface area (Å²) in [6, 6.07) is 4.74. The number of hydrazine groups is 2. The molecule has 0 bridgehead atoms. The Balaban J connectivity index is 3.09. The molecule has 1 aromatic rings. The van der Waals surface area contributed by atoms with E-state index < -0.39 is 6.03 Å². The van der Waals surface area contributed by atoms with Gasteiger partial charge in [0, 0.05) is 7.05 Å². The van der Waals surface area contributed by atoms with Crippen LogP contribution in [0.25, 0.3) is 0 Å². The lowest BCUT2D eigenvalue weighted by atomic mass is 10.3. The summed E-state index contributed by atoms with van der Waals surface area (Å²) in [4.78, 5) is 11.6. The molecule has 2 amide bonds. The van der Waals surface area contributed by atoms with Gasteiger partial charge >= 0.3 is 6.03 Å². The third-order valence-corrected chi connectivity index (χ3v) is 3.01. The van der Waals surface area contributed by atoms with Crippen LogP contribution in [0.2, 0.25) is 0 Å². The molecule has 0 saturated heterocycles. The Morgan fingerprint density at radius 3 is 2.56 bits per heavy atom. The number of anilines is 1. The Morgan fingerprint density at radius 2 is 2.06 bits per heavy atom. The fourth-order valence-electron chi connectivity index (χ4n) is 1.12. The summed E-state index contributed by atoms with van der Waals surface area (Å²) in [5.74, 6) is 11.6. The number of nitrogens with zero attached hydrogens (tertiary/aromatic N) is 2. The van der Waals surface area contributed by atoms with Crippen molar-refractivity contribution < 1.29 is 9.53 Å². The molecule has 0 aliphatic rings. The van der Waals surface area contributed by atoms with Crippen molar-refractivity contribution in [2.75, 3.05) is 19.2 Å². The van der Waals surface area contributed by atoms with Crippen molar-refractivity contribution in [1.82, 2.24) is 5.01 Å². The molecule has 4 N–H and O–H groups in total.